The summed E-state index contributed by atoms with van der Waals surface area (Å²) < 4.78 is 5.20. The number of carbonyl (C=O) groups excluding carboxylic acids is 1. The molecule has 0 saturated heterocycles. The van der Waals surface area contributed by atoms with E-state index in [0.717, 1.165) is 12.8 Å². The van der Waals surface area contributed by atoms with Crippen LogP contribution in [0.1, 0.15) is 72.1 Å². The number of carbonyl (C=O) groups is 1. The maximum atomic E-state index is 10.9. The van der Waals surface area contributed by atoms with Crippen molar-refractivity contribution in [3.05, 3.63) is 24.3 Å². The number of ether oxygens (including phenoxy) is 1. The average molecular weight is 266 g/mol. The van der Waals surface area contributed by atoms with E-state index in [9.17, 15) is 4.79 Å². The van der Waals surface area contributed by atoms with E-state index in [1.165, 1.54) is 45.4 Å². The van der Waals surface area contributed by atoms with Crippen LogP contribution in [-0.4, -0.2) is 12.1 Å². The van der Waals surface area contributed by atoms with Gasteiger partial charge in [0.05, 0.1) is 0 Å². The van der Waals surface area contributed by atoms with Crippen LogP contribution in [0.3, 0.4) is 0 Å². The van der Waals surface area contributed by atoms with Crippen LogP contribution in [0, 0.1) is 0 Å². The summed E-state index contributed by atoms with van der Waals surface area (Å²) in [5.41, 5.74) is 0. The highest BCUT2D eigenvalue weighted by Crippen LogP contribution is 2.08. The summed E-state index contributed by atoms with van der Waals surface area (Å²) in [6.07, 6.45) is 17.9. The molecule has 0 N–H and O–H groups in total. The summed E-state index contributed by atoms with van der Waals surface area (Å²) in [7, 11) is 0. The molecule has 110 valence electrons. The van der Waals surface area contributed by atoms with Crippen LogP contribution in [0.2, 0.25) is 0 Å². The van der Waals surface area contributed by atoms with Gasteiger partial charge in [0.1, 0.15) is 6.10 Å². The minimum atomic E-state index is -0.206. The molecule has 1 unspecified atom stereocenters. The van der Waals surface area contributed by atoms with Crippen LogP contribution in [0.15, 0.2) is 24.3 Å². The van der Waals surface area contributed by atoms with E-state index in [1.807, 2.05) is 19.1 Å². The molecule has 0 aromatic carbocycles. The Morgan fingerprint density at radius 2 is 1.79 bits per heavy atom. The van der Waals surface area contributed by atoms with Crippen molar-refractivity contribution in [2.24, 2.45) is 0 Å². The third kappa shape index (κ3) is 13.2. The first-order chi connectivity index (χ1) is 9.20. The molecule has 0 aliphatic carbocycles. The van der Waals surface area contributed by atoms with Gasteiger partial charge in [-0.25, -0.2) is 0 Å². The van der Waals surface area contributed by atoms with Crippen LogP contribution < -0.4 is 0 Å². The Morgan fingerprint density at radius 1 is 1.11 bits per heavy atom. The second kappa shape index (κ2) is 13.4. The van der Waals surface area contributed by atoms with E-state index in [2.05, 4.69) is 19.1 Å². The maximum absolute atomic E-state index is 10.9. The van der Waals surface area contributed by atoms with Crippen molar-refractivity contribution in [3.8, 4) is 0 Å². The van der Waals surface area contributed by atoms with Crippen molar-refractivity contribution in [2.45, 2.75) is 78.2 Å². The molecule has 0 bridgehead atoms. The van der Waals surface area contributed by atoms with Crippen molar-refractivity contribution in [1.82, 2.24) is 0 Å². The first-order valence-corrected chi connectivity index (χ1v) is 7.65. The van der Waals surface area contributed by atoms with Gasteiger partial charge < -0.3 is 4.74 Å². The van der Waals surface area contributed by atoms with Crippen molar-refractivity contribution in [3.63, 3.8) is 0 Å². The molecule has 2 nitrogen and oxygen atoms in total. The molecule has 0 spiro atoms. The van der Waals surface area contributed by atoms with E-state index in [4.69, 9.17) is 4.74 Å². The summed E-state index contributed by atoms with van der Waals surface area (Å²) in [5.74, 6) is -0.206. The largest absolute Gasteiger partial charge is 0.458 e. The lowest BCUT2D eigenvalue weighted by molar-refractivity contribution is -0.144. The summed E-state index contributed by atoms with van der Waals surface area (Å²) >= 11 is 0. The van der Waals surface area contributed by atoms with Crippen molar-refractivity contribution < 1.29 is 9.53 Å². The zero-order valence-corrected chi connectivity index (χ0v) is 12.9. The third-order valence-electron chi connectivity index (χ3n) is 2.98. The number of unbranched alkanes of at least 4 members (excludes halogenated alkanes) is 5. The van der Waals surface area contributed by atoms with E-state index in [-0.39, 0.29) is 12.1 Å². The number of rotatable bonds is 11. The normalized spacial score (nSPS) is 13.2. The minimum Gasteiger partial charge on any atom is -0.458 e. The molecule has 0 saturated carbocycles. The van der Waals surface area contributed by atoms with Gasteiger partial charge in [0.15, 0.2) is 0 Å². The molecule has 0 heterocycles. The molecule has 0 aliphatic rings. The van der Waals surface area contributed by atoms with Crippen molar-refractivity contribution in [1.29, 1.82) is 0 Å². The fraction of sp³-hybridized carbons (Fsp3) is 0.706. The maximum Gasteiger partial charge on any atom is 0.303 e. The number of allylic oxidation sites excluding steroid dienone is 3. The molecular formula is C17H30O2. The summed E-state index contributed by atoms with van der Waals surface area (Å²) in [5, 5.41) is 0. The van der Waals surface area contributed by atoms with Crippen LogP contribution >= 0.6 is 0 Å². The van der Waals surface area contributed by atoms with Gasteiger partial charge in [-0.2, -0.15) is 0 Å². The van der Waals surface area contributed by atoms with Gasteiger partial charge in [0.25, 0.3) is 0 Å². The fourth-order valence-corrected chi connectivity index (χ4v) is 1.98. The molecule has 19 heavy (non-hydrogen) atoms. The van der Waals surface area contributed by atoms with Gasteiger partial charge in [0.2, 0.25) is 0 Å². The Bertz CT molecular complexity index is 266. The molecule has 0 amide bonds. The quantitative estimate of drug-likeness (QED) is 0.292. The Morgan fingerprint density at radius 3 is 2.42 bits per heavy atom. The smallest absolute Gasteiger partial charge is 0.303 e. The monoisotopic (exact) mass is 266 g/mol. The lowest BCUT2D eigenvalue weighted by atomic mass is 10.1. The van der Waals surface area contributed by atoms with Crippen LogP contribution in [0.5, 0.6) is 0 Å². The lowest BCUT2D eigenvalue weighted by Gasteiger charge is -2.11. The fourth-order valence-electron chi connectivity index (χ4n) is 1.98. The van der Waals surface area contributed by atoms with Gasteiger partial charge in [0, 0.05) is 6.92 Å². The Balaban J connectivity index is 3.60. The van der Waals surface area contributed by atoms with Crippen LogP contribution in [0.25, 0.3) is 0 Å². The lowest BCUT2D eigenvalue weighted by Crippen LogP contribution is -2.13. The molecule has 0 rings (SSSR count). The first-order valence-electron chi connectivity index (χ1n) is 7.65. The van der Waals surface area contributed by atoms with E-state index >= 15 is 0 Å². The molecule has 0 aromatic heterocycles. The van der Waals surface area contributed by atoms with Crippen LogP contribution in [0.4, 0.5) is 0 Å². The molecule has 2 heteroatoms. The van der Waals surface area contributed by atoms with Gasteiger partial charge in [-0.1, -0.05) is 50.8 Å². The second-order valence-electron chi connectivity index (χ2n) is 4.93. The number of hydrogen-bond acceptors (Lipinski definition) is 2. The van der Waals surface area contributed by atoms with E-state index in [1.54, 1.807) is 0 Å². The van der Waals surface area contributed by atoms with Crippen LogP contribution in [-0.2, 0) is 9.53 Å². The number of esters is 1. The predicted molar refractivity (Wildman–Crippen MR) is 82.1 cm³/mol. The van der Waals surface area contributed by atoms with Gasteiger partial charge >= 0.3 is 5.97 Å². The molecule has 0 radical (unpaired) electrons. The van der Waals surface area contributed by atoms with Crippen molar-refractivity contribution in [2.75, 3.05) is 0 Å². The topological polar surface area (TPSA) is 26.3 Å². The zero-order valence-electron chi connectivity index (χ0n) is 12.9. The van der Waals surface area contributed by atoms with Gasteiger partial charge in [-0.3, -0.25) is 4.79 Å². The minimum absolute atomic E-state index is 0.0725. The zero-order chi connectivity index (χ0) is 14.3. The summed E-state index contributed by atoms with van der Waals surface area (Å²) in [4.78, 5) is 10.9. The average Bonchev–Trinajstić information content (AvgIpc) is 2.36. The Kier molecular flexibility index (Phi) is 12.6. The highest BCUT2D eigenvalue weighted by Gasteiger charge is 2.05. The molecular weight excluding hydrogens is 236 g/mol. The summed E-state index contributed by atoms with van der Waals surface area (Å²) in [6.45, 7) is 5.65. The highest BCUT2D eigenvalue weighted by atomic mass is 16.5. The third-order valence-corrected chi connectivity index (χ3v) is 2.98. The SMILES string of the molecule is CC=CC(CCC=CCCCCCCC)OC(C)=O. The summed E-state index contributed by atoms with van der Waals surface area (Å²) in [6, 6.07) is 0. The van der Waals surface area contributed by atoms with E-state index < -0.39 is 0 Å². The van der Waals surface area contributed by atoms with Gasteiger partial charge in [-0.15, -0.1) is 0 Å². The van der Waals surface area contributed by atoms with E-state index in [0.29, 0.717) is 0 Å². The Labute approximate surface area is 118 Å². The molecule has 0 aliphatic heterocycles. The second-order valence-corrected chi connectivity index (χ2v) is 4.93. The molecule has 0 aromatic rings. The number of hydrogen-bond donors (Lipinski definition) is 0. The molecule has 1 atom stereocenters. The van der Waals surface area contributed by atoms with Gasteiger partial charge in [-0.05, 0) is 38.7 Å². The highest BCUT2D eigenvalue weighted by molar-refractivity contribution is 5.66. The predicted octanol–water partition coefficient (Wildman–Crippen LogP) is 5.19. The van der Waals surface area contributed by atoms with Crippen molar-refractivity contribution >= 4 is 5.97 Å². The standard InChI is InChI=1S/C17H30O2/c1-4-6-7-8-9-10-11-12-13-15-17(14-5-2)19-16(3)18/h5,11-12,14,17H,4,6-10,13,15H2,1-3H3. The Hall–Kier alpha value is -1.05. The molecule has 0 fully saturated rings. The first kappa shape index (κ1) is 17.9.